The molecule has 43 heavy (non-hydrogen) atoms. The largest absolute Gasteiger partial charge is 0.480 e. The first-order valence-electron chi connectivity index (χ1n) is 13.5. The van der Waals surface area contributed by atoms with Crippen molar-refractivity contribution >= 4 is 29.1 Å². The molecule has 2 heterocycles. The molecular formula is C34H25ClN4O4. The van der Waals surface area contributed by atoms with Crippen molar-refractivity contribution in [2.45, 2.75) is 12.5 Å². The number of carbonyl (C=O) groups is 2. The van der Waals surface area contributed by atoms with Gasteiger partial charge < -0.3 is 15.2 Å². The lowest BCUT2D eigenvalue weighted by atomic mass is 10.1. The molecule has 1 atom stereocenters. The average molecular weight is 589 g/mol. The van der Waals surface area contributed by atoms with Gasteiger partial charge in [0, 0.05) is 28.6 Å². The molecule has 0 aliphatic carbocycles. The summed E-state index contributed by atoms with van der Waals surface area (Å²) in [5.41, 5.74) is 4.24. The highest BCUT2D eigenvalue weighted by Gasteiger charge is 2.24. The molecule has 0 saturated heterocycles. The summed E-state index contributed by atoms with van der Waals surface area (Å²) in [7, 11) is 0. The van der Waals surface area contributed by atoms with E-state index in [4.69, 9.17) is 21.3 Å². The van der Waals surface area contributed by atoms with Gasteiger partial charge in [-0.2, -0.15) is 5.10 Å². The van der Waals surface area contributed by atoms with Crippen LogP contribution in [0.5, 0.6) is 11.5 Å². The number of carboxylic acids is 1. The van der Waals surface area contributed by atoms with Gasteiger partial charge in [0.25, 0.3) is 5.91 Å². The predicted molar refractivity (Wildman–Crippen MR) is 164 cm³/mol. The first kappa shape index (κ1) is 27.7. The van der Waals surface area contributed by atoms with Crippen molar-refractivity contribution in [1.82, 2.24) is 19.9 Å². The Morgan fingerprint density at radius 3 is 2.12 bits per heavy atom. The fraction of sp³-hybridized carbons (Fsp3) is 0.0588. The van der Waals surface area contributed by atoms with Crippen LogP contribution in [-0.4, -0.2) is 37.6 Å². The molecule has 9 heteroatoms. The number of carbonyl (C=O) groups excluding carboxylic acids is 1. The molecular weight excluding hydrogens is 564 g/mol. The number of nitrogens with zero attached hydrogens (tertiary/aromatic N) is 3. The predicted octanol–water partition coefficient (Wildman–Crippen LogP) is 6.93. The number of hydrogen-bond donors (Lipinski definition) is 2. The molecule has 8 nitrogen and oxygen atoms in total. The third-order valence-electron chi connectivity index (χ3n) is 6.81. The van der Waals surface area contributed by atoms with Crippen molar-refractivity contribution in [3.8, 4) is 34.0 Å². The van der Waals surface area contributed by atoms with Crippen molar-refractivity contribution in [2.24, 2.45) is 0 Å². The monoisotopic (exact) mass is 588 g/mol. The summed E-state index contributed by atoms with van der Waals surface area (Å²) in [5.74, 6) is -0.361. The Morgan fingerprint density at radius 1 is 0.814 bits per heavy atom. The van der Waals surface area contributed by atoms with E-state index in [1.807, 2.05) is 103 Å². The quantitative estimate of drug-likeness (QED) is 0.190. The standard InChI is InChI=1S/C34H25ClN4O4/c35-25-15-11-23(12-16-25)28-20-31(24-13-17-27(18-14-24)43-26-9-5-2-6-10-26)39-32(36-28)21-29(38-39)33(40)37-30(34(41)42)19-22-7-3-1-4-8-22/h1-18,20-21,30H,19H2,(H,37,40)(H,41,42)/t30-/m1/s1. The molecule has 0 fully saturated rings. The van der Waals surface area contributed by atoms with Gasteiger partial charge in [-0.25, -0.2) is 14.3 Å². The Morgan fingerprint density at radius 2 is 1.44 bits per heavy atom. The van der Waals surface area contributed by atoms with Crippen molar-refractivity contribution < 1.29 is 19.4 Å². The van der Waals surface area contributed by atoms with Gasteiger partial charge in [0.15, 0.2) is 11.3 Å². The summed E-state index contributed by atoms with van der Waals surface area (Å²) < 4.78 is 7.52. The molecule has 6 aromatic rings. The van der Waals surface area contributed by atoms with Crippen LogP contribution in [0.3, 0.4) is 0 Å². The van der Waals surface area contributed by atoms with Crippen molar-refractivity contribution in [3.05, 3.63) is 138 Å². The van der Waals surface area contributed by atoms with Crippen LogP contribution in [0.15, 0.2) is 121 Å². The van der Waals surface area contributed by atoms with Gasteiger partial charge in [-0.1, -0.05) is 72.3 Å². The highest BCUT2D eigenvalue weighted by atomic mass is 35.5. The number of rotatable bonds is 9. The normalized spacial score (nSPS) is 11.7. The minimum absolute atomic E-state index is 0.0466. The number of para-hydroxylation sites is 1. The maximum absolute atomic E-state index is 13.3. The molecule has 0 radical (unpaired) electrons. The fourth-order valence-electron chi connectivity index (χ4n) is 4.66. The molecule has 0 aliphatic heterocycles. The summed E-state index contributed by atoms with van der Waals surface area (Å²) >= 11 is 6.11. The number of fused-ring (bicyclic) bond motifs is 1. The lowest BCUT2D eigenvalue weighted by molar-refractivity contribution is -0.139. The summed E-state index contributed by atoms with van der Waals surface area (Å²) in [6.45, 7) is 0. The molecule has 212 valence electrons. The number of halogens is 1. The first-order valence-corrected chi connectivity index (χ1v) is 13.9. The Balaban J connectivity index is 1.35. The molecule has 6 rings (SSSR count). The van der Waals surface area contributed by atoms with E-state index >= 15 is 0 Å². The van der Waals surface area contributed by atoms with Gasteiger partial charge in [-0.05, 0) is 60.2 Å². The minimum Gasteiger partial charge on any atom is -0.480 e. The second-order valence-corrected chi connectivity index (χ2v) is 10.3. The van der Waals surface area contributed by atoms with Crippen molar-refractivity contribution in [1.29, 1.82) is 0 Å². The number of carboxylic acid groups (broad SMARTS) is 1. The van der Waals surface area contributed by atoms with Crippen LogP contribution in [-0.2, 0) is 11.2 Å². The number of nitrogens with one attached hydrogen (secondary N) is 1. The van der Waals surface area contributed by atoms with E-state index in [-0.39, 0.29) is 12.1 Å². The average Bonchev–Trinajstić information content (AvgIpc) is 3.47. The zero-order valence-corrected chi connectivity index (χ0v) is 23.5. The molecule has 0 saturated carbocycles. The van der Waals surface area contributed by atoms with E-state index in [1.165, 1.54) is 0 Å². The van der Waals surface area contributed by atoms with E-state index in [1.54, 1.807) is 22.7 Å². The molecule has 0 spiro atoms. The third kappa shape index (κ3) is 6.39. The Labute approximate surface area is 252 Å². The smallest absolute Gasteiger partial charge is 0.326 e. The number of hydrogen-bond acceptors (Lipinski definition) is 5. The number of amides is 1. The van der Waals surface area contributed by atoms with E-state index in [9.17, 15) is 14.7 Å². The minimum atomic E-state index is -1.14. The number of aliphatic carboxylic acids is 1. The third-order valence-corrected chi connectivity index (χ3v) is 7.07. The van der Waals surface area contributed by atoms with Crippen LogP contribution >= 0.6 is 11.6 Å². The topological polar surface area (TPSA) is 106 Å². The summed E-state index contributed by atoms with van der Waals surface area (Å²) in [4.78, 5) is 30.0. The van der Waals surface area contributed by atoms with Gasteiger partial charge in [-0.3, -0.25) is 4.79 Å². The molecule has 2 N–H and O–H groups in total. The zero-order valence-electron chi connectivity index (χ0n) is 22.7. The highest BCUT2D eigenvalue weighted by Crippen LogP contribution is 2.30. The van der Waals surface area contributed by atoms with Crippen molar-refractivity contribution in [3.63, 3.8) is 0 Å². The Bertz CT molecular complexity index is 1890. The number of aromatic nitrogens is 3. The van der Waals surface area contributed by atoms with Crippen LogP contribution in [0.2, 0.25) is 5.02 Å². The van der Waals surface area contributed by atoms with Crippen molar-refractivity contribution in [2.75, 3.05) is 0 Å². The molecule has 1 amide bonds. The number of ether oxygens (including phenoxy) is 1. The lowest BCUT2D eigenvalue weighted by Crippen LogP contribution is -2.42. The van der Waals surface area contributed by atoms with Gasteiger partial charge >= 0.3 is 5.97 Å². The first-order chi connectivity index (χ1) is 20.9. The van der Waals surface area contributed by atoms with Crippen LogP contribution in [0, 0.1) is 0 Å². The zero-order chi connectivity index (χ0) is 29.8. The lowest BCUT2D eigenvalue weighted by Gasteiger charge is -2.13. The van der Waals surface area contributed by atoms with Gasteiger partial charge in [0.1, 0.15) is 17.5 Å². The van der Waals surface area contributed by atoms with E-state index in [2.05, 4.69) is 10.4 Å². The fourth-order valence-corrected chi connectivity index (χ4v) is 4.79. The van der Waals surface area contributed by atoms with Crippen LogP contribution in [0.4, 0.5) is 0 Å². The Hall–Kier alpha value is -5.47. The summed E-state index contributed by atoms with van der Waals surface area (Å²) in [6, 6.07) is 35.7. The molecule has 0 bridgehead atoms. The molecule has 0 aliphatic rings. The van der Waals surface area contributed by atoms with E-state index in [0.29, 0.717) is 27.8 Å². The van der Waals surface area contributed by atoms with E-state index < -0.39 is 17.9 Å². The van der Waals surface area contributed by atoms with Gasteiger partial charge in [0.05, 0.1) is 11.4 Å². The highest BCUT2D eigenvalue weighted by molar-refractivity contribution is 6.30. The second-order valence-electron chi connectivity index (χ2n) is 9.83. The molecule has 2 aromatic heterocycles. The maximum atomic E-state index is 13.3. The molecule has 0 unspecified atom stereocenters. The van der Waals surface area contributed by atoms with Gasteiger partial charge in [0.2, 0.25) is 0 Å². The SMILES string of the molecule is O=C(N[C@H](Cc1ccccc1)C(=O)O)c1cc2nc(-c3ccc(Cl)cc3)cc(-c3ccc(Oc4ccccc4)cc3)n2n1. The van der Waals surface area contributed by atoms with Gasteiger partial charge in [-0.15, -0.1) is 0 Å². The number of benzene rings is 4. The van der Waals surface area contributed by atoms with Crippen LogP contribution < -0.4 is 10.1 Å². The Kier molecular flexibility index (Phi) is 7.84. The second kappa shape index (κ2) is 12.2. The maximum Gasteiger partial charge on any atom is 0.326 e. The van der Waals surface area contributed by atoms with E-state index in [0.717, 1.165) is 22.4 Å². The van der Waals surface area contributed by atoms with Crippen LogP contribution in [0.25, 0.3) is 28.2 Å². The summed E-state index contributed by atoms with van der Waals surface area (Å²) in [5, 5.41) is 17.5. The van der Waals surface area contributed by atoms with Crippen LogP contribution in [0.1, 0.15) is 16.1 Å². The summed E-state index contributed by atoms with van der Waals surface area (Å²) in [6.07, 6.45) is 0.136. The molecule has 4 aromatic carbocycles.